The first kappa shape index (κ1) is 17.0. The van der Waals surface area contributed by atoms with Crippen LogP contribution in [0.3, 0.4) is 0 Å². The Morgan fingerprint density at radius 3 is 2.42 bits per heavy atom. The predicted molar refractivity (Wildman–Crippen MR) is 95.1 cm³/mol. The van der Waals surface area contributed by atoms with Crippen molar-refractivity contribution in [3.63, 3.8) is 0 Å². The molecule has 3 rings (SSSR count). The van der Waals surface area contributed by atoms with Crippen molar-refractivity contribution in [2.75, 3.05) is 38.1 Å². The van der Waals surface area contributed by atoms with Gasteiger partial charge < -0.3 is 15.1 Å². The first-order valence-corrected chi connectivity index (χ1v) is 8.97. The van der Waals surface area contributed by atoms with Crippen LogP contribution in [0.4, 0.5) is 5.69 Å². The minimum absolute atomic E-state index is 0.0201. The lowest BCUT2D eigenvalue weighted by Crippen LogP contribution is -2.35. The Morgan fingerprint density at radius 2 is 1.79 bits per heavy atom. The van der Waals surface area contributed by atoms with Crippen molar-refractivity contribution < 1.29 is 9.59 Å². The van der Waals surface area contributed by atoms with Crippen LogP contribution < -0.4 is 10.2 Å². The SMILES string of the molecule is CCC(=O)N(C)c1ccccc1C(=O)N1CC[C@@H]2CNC[C@@H]2CC1. The molecule has 2 aliphatic rings. The van der Waals surface area contributed by atoms with Crippen LogP contribution in [0.2, 0.25) is 0 Å². The van der Waals surface area contributed by atoms with Gasteiger partial charge in [0.05, 0.1) is 11.3 Å². The van der Waals surface area contributed by atoms with Crippen LogP contribution >= 0.6 is 0 Å². The van der Waals surface area contributed by atoms with Crippen molar-refractivity contribution in [1.29, 1.82) is 0 Å². The molecule has 5 heteroatoms. The van der Waals surface area contributed by atoms with Gasteiger partial charge >= 0.3 is 0 Å². The second-order valence-electron chi connectivity index (χ2n) is 6.87. The first-order valence-electron chi connectivity index (χ1n) is 8.97. The average Bonchev–Trinajstić information content (AvgIpc) is 2.98. The summed E-state index contributed by atoms with van der Waals surface area (Å²) in [5.74, 6) is 1.46. The summed E-state index contributed by atoms with van der Waals surface area (Å²) >= 11 is 0. The topological polar surface area (TPSA) is 52.7 Å². The second-order valence-corrected chi connectivity index (χ2v) is 6.87. The molecule has 0 saturated carbocycles. The summed E-state index contributed by atoms with van der Waals surface area (Å²) in [5, 5.41) is 3.46. The Hall–Kier alpha value is -1.88. The minimum atomic E-state index is 0.0201. The third-order valence-electron chi connectivity index (χ3n) is 5.48. The molecule has 0 aliphatic carbocycles. The van der Waals surface area contributed by atoms with Crippen molar-refractivity contribution in [2.24, 2.45) is 11.8 Å². The Kier molecular flexibility index (Phi) is 5.19. The molecule has 0 spiro atoms. The summed E-state index contributed by atoms with van der Waals surface area (Å²) in [6.07, 6.45) is 2.56. The number of carbonyl (C=O) groups is 2. The molecule has 0 radical (unpaired) electrons. The van der Waals surface area contributed by atoms with Crippen molar-refractivity contribution in [3.05, 3.63) is 29.8 Å². The van der Waals surface area contributed by atoms with Gasteiger partial charge in [-0.15, -0.1) is 0 Å². The number of amides is 2. The largest absolute Gasteiger partial charge is 0.339 e. The van der Waals surface area contributed by atoms with E-state index in [1.165, 1.54) is 0 Å². The number of carbonyl (C=O) groups excluding carboxylic acids is 2. The van der Waals surface area contributed by atoms with Crippen LogP contribution in [0.5, 0.6) is 0 Å². The molecule has 2 aliphatic heterocycles. The highest BCUT2D eigenvalue weighted by Gasteiger charge is 2.32. The van der Waals surface area contributed by atoms with Crippen LogP contribution in [0.1, 0.15) is 36.5 Å². The van der Waals surface area contributed by atoms with Gasteiger partial charge in [0.25, 0.3) is 5.91 Å². The van der Waals surface area contributed by atoms with Crippen molar-refractivity contribution >= 4 is 17.5 Å². The van der Waals surface area contributed by atoms with Crippen LogP contribution in [-0.4, -0.2) is 49.9 Å². The fraction of sp³-hybridized carbons (Fsp3) is 0.579. The molecule has 1 aromatic carbocycles. The summed E-state index contributed by atoms with van der Waals surface area (Å²) < 4.78 is 0. The number of nitrogens with zero attached hydrogens (tertiary/aromatic N) is 2. The molecule has 130 valence electrons. The van der Waals surface area contributed by atoms with Crippen molar-refractivity contribution in [2.45, 2.75) is 26.2 Å². The number of likely N-dealkylation sites (tertiary alicyclic amines) is 1. The third-order valence-corrected chi connectivity index (χ3v) is 5.48. The van der Waals surface area contributed by atoms with Gasteiger partial charge in [0.15, 0.2) is 0 Å². The zero-order chi connectivity index (χ0) is 17.1. The van der Waals surface area contributed by atoms with E-state index in [2.05, 4.69) is 5.32 Å². The monoisotopic (exact) mass is 329 g/mol. The molecule has 2 amide bonds. The Bertz CT molecular complexity index is 602. The number of benzene rings is 1. The van der Waals surface area contributed by atoms with Crippen molar-refractivity contribution in [3.8, 4) is 0 Å². The number of rotatable bonds is 3. The Balaban J connectivity index is 1.79. The molecule has 5 nitrogen and oxygen atoms in total. The molecule has 0 unspecified atom stereocenters. The zero-order valence-electron chi connectivity index (χ0n) is 14.6. The maximum Gasteiger partial charge on any atom is 0.255 e. The van der Waals surface area contributed by atoms with Crippen LogP contribution in [0.15, 0.2) is 24.3 Å². The number of fused-ring (bicyclic) bond motifs is 1. The molecule has 0 bridgehead atoms. The van der Waals surface area contributed by atoms with E-state index in [0.29, 0.717) is 29.5 Å². The highest BCUT2D eigenvalue weighted by molar-refractivity contribution is 6.04. The Labute approximate surface area is 144 Å². The summed E-state index contributed by atoms with van der Waals surface area (Å²) in [4.78, 5) is 28.7. The fourth-order valence-corrected chi connectivity index (χ4v) is 3.91. The average molecular weight is 329 g/mol. The second kappa shape index (κ2) is 7.34. The first-order chi connectivity index (χ1) is 11.6. The lowest BCUT2D eigenvalue weighted by Gasteiger charge is -2.25. The fourth-order valence-electron chi connectivity index (χ4n) is 3.91. The molecule has 1 N–H and O–H groups in total. The highest BCUT2D eigenvalue weighted by atomic mass is 16.2. The van der Waals surface area contributed by atoms with Gasteiger partial charge in [-0.1, -0.05) is 19.1 Å². The summed E-state index contributed by atoms with van der Waals surface area (Å²) in [7, 11) is 1.75. The van der Waals surface area contributed by atoms with E-state index in [9.17, 15) is 9.59 Å². The minimum Gasteiger partial charge on any atom is -0.339 e. The Morgan fingerprint density at radius 1 is 1.17 bits per heavy atom. The number of anilines is 1. The zero-order valence-corrected chi connectivity index (χ0v) is 14.6. The van der Waals surface area contributed by atoms with E-state index < -0.39 is 0 Å². The molecule has 24 heavy (non-hydrogen) atoms. The molecule has 1 aromatic rings. The molecule has 2 saturated heterocycles. The summed E-state index contributed by atoms with van der Waals surface area (Å²) in [6.45, 7) is 5.61. The smallest absolute Gasteiger partial charge is 0.255 e. The lowest BCUT2D eigenvalue weighted by molar-refractivity contribution is -0.118. The van der Waals surface area contributed by atoms with Gasteiger partial charge in [0.1, 0.15) is 0 Å². The molecular formula is C19H27N3O2. The summed E-state index contributed by atoms with van der Waals surface area (Å²) in [5.41, 5.74) is 1.34. The van der Waals surface area contributed by atoms with Crippen LogP contribution in [-0.2, 0) is 4.79 Å². The molecule has 2 fully saturated rings. The summed E-state index contributed by atoms with van der Waals surface area (Å²) in [6, 6.07) is 7.45. The van der Waals surface area contributed by atoms with E-state index in [4.69, 9.17) is 0 Å². The molecular weight excluding hydrogens is 302 g/mol. The molecule has 2 heterocycles. The molecule has 2 atom stereocenters. The van der Waals surface area contributed by atoms with Crippen LogP contribution in [0.25, 0.3) is 0 Å². The maximum atomic E-state index is 13.1. The van der Waals surface area contributed by atoms with Crippen molar-refractivity contribution in [1.82, 2.24) is 10.2 Å². The number of hydrogen-bond donors (Lipinski definition) is 1. The number of hydrogen-bond acceptors (Lipinski definition) is 3. The maximum absolute atomic E-state index is 13.1. The van der Waals surface area contributed by atoms with E-state index in [1.54, 1.807) is 11.9 Å². The van der Waals surface area contributed by atoms with E-state index in [0.717, 1.165) is 39.0 Å². The van der Waals surface area contributed by atoms with Gasteiger partial charge in [-0.3, -0.25) is 9.59 Å². The van der Waals surface area contributed by atoms with Gasteiger partial charge in [-0.2, -0.15) is 0 Å². The number of para-hydroxylation sites is 1. The van der Waals surface area contributed by atoms with Gasteiger partial charge in [0, 0.05) is 26.6 Å². The normalized spacial score (nSPS) is 23.5. The third kappa shape index (κ3) is 3.31. The van der Waals surface area contributed by atoms with Gasteiger partial charge in [-0.25, -0.2) is 0 Å². The highest BCUT2D eigenvalue weighted by Crippen LogP contribution is 2.29. The van der Waals surface area contributed by atoms with E-state index >= 15 is 0 Å². The molecule has 0 aromatic heterocycles. The quantitative estimate of drug-likeness (QED) is 0.924. The van der Waals surface area contributed by atoms with E-state index in [-0.39, 0.29) is 11.8 Å². The van der Waals surface area contributed by atoms with Gasteiger partial charge in [0.2, 0.25) is 5.91 Å². The van der Waals surface area contributed by atoms with E-state index in [1.807, 2.05) is 36.1 Å². The predicted octanol–water partition coefficient (Wildman–Crippen LogP) is 2.13. The van der Waals surface area contributed by atoms with Gasteiger partial charge in [-0.05, 0) is 49.9 Å². The number of nitrogens with one attached hydrogen (secondary N) is 1. The lowest BCUT2D eigenvalue weighted by atomic mass is 9.92. The van der Waals surface area contributed by atoms with Crippen LogP contribution in [0, 0.1) is 11.8 Å². The standard InChI is InChI=1S/C19H27N3O2/c1-3-18(23)21(2)17-7-5-4-6-16(17)19(24)22-10-8-14-12-20-13-15(14)9-11-22/h4-7,14-15,20H,3,8-13H2,1-2H3/t14-,15+.